The average Bonchev–Trinajstić information content (AvgIpc) is 2.29. The molecule has 17 heavy (non-hydrogen) atoms. The first-order valence-electron chi connectivity index (χ1n) is 6.19. The van der Waals surface area contributed by atoms with Gasteiger partial charge < -0.3 is 10.6 Å². The largest absolute Gasteiger partial charge is 0.370 e. The van der Waals surface area contributed by atoms with Gasteiger partial charge in [-0.05, 0) is 33.2 Å². The number of hydrogen-bond acceptors (Lipinski definition) is 4. The Balaban J connectivity index is 1.83. The molecule has 4 heteroatoms. The highest BCUT2D eigenvalue weighted by Crippen LogP contribution is 2.10. The van der Waals surface area contributed by atoms with Crippen molar-refractivity contribution in [1.29, 1.82) is 0 Å². The van der Waals surface area contributed by atoms with Gasteiger partial charge in [-0.3, -0.25) is 0 Å². The van der Waals surface area contributed by atoms with Crippen molar-refractivity contribution in [2.75, 3.05) is 25.0 Å². The summed E-state index contributed by atoms with van der Waals surface area (Å²) >= 11 is 0. The minimum absolute atomic E-state index is 0.827. The lowest BCUT2D eigenvalue weighted by atomic mass is 10.1. The van der Waals surface area contributed by atoms with Crippen molar-refractivity contribution in [3.8, 4) is 0 Å². The van der Waals surface area contributed by atoms with Crippen LogP contribution in [0.5, 0.6) is 0 Å². The first-order valence-corrected chi connectivity index (χ1v) is 6.19. The van der Waals surface area contributed by atoms with Gasteiger partial charge in [0.05, 0.1) is 0 Å². The van der Waals surface area contributed by atoms with E-state index in [0.29, 0.717) is 0 Å². The van der Waals surface area contributed by atoms with Crippen molar-refractivity contribution in [3.63, 3.8) is 0 Å². The molecule has 1 aliphatic rings. The molecule has 0 bridgehead atoms. The first-order chi connectivity index (χ1) is 8.24. The molecule has 0 unspecified atom stereocenters. The van der Waals surface area contributed by atoms with E-state index in [9.17, 15) is 0 Å². The van der Waals surface area contributed by atoms with Crippen molar-refractivity contribution in [2.24, 2.45) is 0 Å². The molecule has 92 valence electrons. The molecule has 0 atom stereocenters. The second kappa shape index (κ2) is 5.77. The van der Waals surface area contributed by atoms with E-state index in [-0.39, 0.29) is 0 Å². The fraction of sp³-hybridized carbons (Fsp3) is 0.538. The van der Waals surface area contributed by atoms with Gasteiger partial charge in [0.25, 0.3) is 0 Å². The van der Waals surface area contributed by atoms with Gasteiger partial charge in [-0.15, -0.1) is 0 Å². The second-order valence-corrected chi connectivity index (χ2v) is 4.44. The van der Waals surface area contributed by atoms with E-state index >= 15 is 0 Å². The zero-order valence-electron chi connectivity index (χ0n) is 10.6. The number of rotatable bonds is 4. The molecule has 1 aliphatic heterocycles. The van der Waals surface area contributed by atoms with Gasteiger partial charge in [-0.2, -0.15) is 0 Å². The minimum atomic E-state index is 0.827. The Morgan fingerprint density at radius 1 is 1.35 bits per heavy atom. The molecule has 0 spiro atoms. The molecule has 0 aliphatic carbocycles. The summed E-state index contributed by atoms with van der Waals surface area (Å²) in [5.41, 5.74) is 2.56. The number of nitrogens with one attached hydrogen (secondary N) is 2. The number of nitrogens with zero attached hydrogens (tertiary/aromatic N) is 2. The van der Waals surface area contributed by atoms with Gasteiger partial charge in [0.1, 0.15) is 11.6 Å². The second-order valence-electron chi connectivity index (χ2n) is 4.44. The van der Waals surface area contributed by atoms with Gasteiger partial charge in [-0.1, -0.05) is 11.6 Å². The molecule has 2 rings (SSSR count). The third-order valence-electron chi connectivity index (χ3n) is 2.88. The summed E-state index contributed by atoms with van der Waals surface area (Å²) < 4.78 is 0. The topological polar surface area (TPSA) is 49.8 Å². The van der Waals surface area contributed by atoms with Crippen molar-refractivity contribution < 1.29 is 0 Å². The normalized spacial score (nSPS) is 15.5. The van der Waals surface area contributed by atoms with E-state index in [2.05, 4.69) is 26.7 Å². The van der Waals surface area contributed by atoms with Crippen LogP contribution in [0.2, 0.25) is 0 Å². The van der Waals surface area contributed by atoms with Crippen LogP contribution in [0, 0.1) is 13.8 Å². The standard InChI is InChI=1S/C13H20N4/c1-10-9-13(17-11(2)16-10)15-8-5-12-3-6-14-7-4-12/h3,9,14H,4-8H2,1-2H3,(H,15,16,17). The SMILES string of the molecule is Cc1cc(NCCC2=CCNCC2)nc(C)n1. The van der Waals surface area contributed by atoms with Crippen molar-refractivity contribution >= 4 is 5.82 Å². The molecule has 0 aromatic carbocycles. The Hall–Kier alpha value is -1.42. The lowest BCUT2D eigenvalue weighted by molar-refractivity contribution is 0.683. The molecule has 1 aromatic heterocycles. The number of aromatic nitrogens is 2. The maximum Gasteiger partial charge on any atom is 0.129 e. The fourth-order valence-electron chi connectivity index (χ4n) is 2.06. The zero-order chi connectivity index (χ0) is 12.1. The van der Waals surface area contributed by atoms with E-state index in [1.165, 1.54) is 6.42 Å². The van der Waals surface area contributed by atoms with Crippen molar-refractivity contribution in [1.82, 2.24) is 15.3 Å². The van der Waals surface area contributed by atoms with Crippen molar-refractivity contribution in [3.05, 3.63) is 29.2 Å². The molecule has 0 saturated heterocycles. The number of hydrogen-bond donors (Lipinski definition) is 2. The monoisotopic (exact) mass is 232 g/mol. The van der Waals surface area contributed by atoms with Crippen LogP contribution in [0.15, 0.2) is 17.7 Å². The summed E-state index contributed by atoms with van der Waals surface area (Å²) in [6, 6.07) is 1.99. The van der Waals surface area contributed by atoms with Crippen LogP contribution in [-0.4, -0.2) is 29.6 Å². The Kier molecular flexibility index (Phi) is 4.09. The van der Waals surface area contributed by atoms with Gasteiger partial charge in [0, 0.05) is 24.8 Å². The van der Waals surface area contributed by atoms with E-state index in [4.69, 9.17) is 0 Å². The maximum atomic E-state index is 4.36. The molecule has 4 nitrogen and oxygen atoms in total. The summed E-state index contributed by atoms with van der Waals surface area (Å²) in [6.45, 7) is 6.99. The van der Waals surface area contributed by atoms with E-state index in [0.717, 1.165) is 43.4 Å². The summed E-state index contributed by atoms with van der Waals surface area (Å²) in [5.74, 6) is 1.76. The molecule has 2 N–H and O–H groups in total. The average molecular weight is 232 g/mol. The third-order valence-corrected chi connectivity index (χ3v) is 2.88. The van der Waals surface area contributed by atoms with E-state index in [1.54, 1.807) is 5.57 Å². The molecule has 2 heterocycles. The molecule has 0 amide bonds. The molecule has 0 radical (unpaired) electrons. The van der Waals surface area contributed by atoms with E-state index < -0.39 is 0 Å². The summed E-state index contributed by atoms with van der Waals surface area (Å²) in [5, 5.41) is 6.68. The van der Waals surface area contributed by atoms with Gasteiger partial charge >= 0.3 is 0 Å². The molecular weight excluding hydrogens is 212 g/mol. The Morgan fingerprint density at radius 2 is 2.24 bits per heavy atom. The quantitative estimate of drug-likeness (QED) is 0.777. The third kappa shape index (κ3) is 3.82. The Labute approximate surface area is 103 Å². The van der Waals surface area contributed by atoms with Crippen LogP contribution in [0.1, 0.15) is 24.4 Å². The highest BCUT2D eigenvalue weighted by Gasteiger charge is 2.03. The lowest BCUT2D eigenvalue weighted by Crippen LogP contribution is -2.21. The van der Waals surface area contributed by atoms with Crippen LogP contribution < -0.4 is 10.6 Å². The van der Waals surface area contributed by atoms with Gasteiger partial charge in [0.15, 0.2) is 0 Å². The Bertz CT molecular complexity index is 392. The summed E-state index contributed by atoms with van der Waals surface area (Å²) in [4.78, 5) is 8.62. The highest BCUT2D eigenvalue weighted by molar-refractivity contribution is 5.35. The predicted octanol–water partition coefficient (Wildman–Crippen LogP) is 1.82. The molecule has 0 fully saturated rings. The van der Waals surface area contributed by atoms with E-state index in [1.807, 2.05) is 19.9 Å². The van der Waals surface area contributed by atoms with Gasteiger partial charge in [0.2, 0.25) is 0 Å². The van der Waals surface area contributed by atoms with Gasteiger partial charge in [-0.25, -0.2) is 9.97 Å². The predicted molar refractivity (Wildman–Crippen MR) is 70.2 cm³/mol. The smallest absolute Gasteiger partial charge is 0.129 e. The number of aryl methyl sites for hydroxylation is 2. The molecule has 0 saturated carbocycles. The summed E-state index contributed by atoms with van der Waals surface area (Å²) in [7, 11) is 0. The minimum Gasteiger partial charge on any atom is -0.370 e. The number of anilines is 1. The first kappa shape index (κ1) is 12.0. The lowest BCUT2D eigenvalue weighted by Gasteiger charge is -2.14. The van der Waals surface area contributed by atoms with Crippen molar-refractivity contribution in [2.45, 2.75) is 26.7 Å². The fourth-order valence-corrected chi connectivity index (χ4v) is 2.06. The van der Waals surface area contributed by atoms with Crippen LogP contribution >= 0.6 is 0 Å². The van der Waals surface area contributed by atoms with Crippen LogP contribution in [0.3, 0.4) is 0 Å². The highest BCUT2D eigenvalue weighted by atomic mass is 15.0. The zero-order valence-corrected chi connectivity index (χ0v) is 10.6. The van der Waals surface area contributed by atoms with Crippen LogP contribution in [0.25, 0.3) is 0 Å². The molecule has 1 aromatic rings. The summed E-state index contributed by atoms with van der Waals surface area (Å²) in [6.07, 6.45) is 4.56. The Morgan fingerprint density at radius 3 is 2.94 bits per heavy atom. The van der Waals surface area contributed by atoms with Crippen LogP contribution in [-0.2, 0) is 0 Å². The van der Waals surface area contributed by atoms with Crippen LogP contribution in [0.4, 0.5) is 5.82 Å². The molecular formula is C13H20N4. The maximum absolute atomic E-state index is 4.36.